The second-order valence-electron chi connectivity index (χ2n) is 5.34. The third-order valence-electron chi connectivity index (χ3n) is 3.60. The predicted octanol–water partition coefficient (Wildman–Crippen LogP) is 3.75. The van der Waals surface area contributed by atoms with Crippen molar-refractivity contribution in [1.82, 2.24) is 10.3 Å². The molecule has 0 aliphatic carbocycles. The Morgan fingerprint density at radius 1 is 1.26 bits per heavy atom. The normalized spacial score (nSPS) is 12.1. The lowest BCUT2D eigenvalue weighted by molar-refractivity contribution is 0.0955. The number of amides is 1. The summed E-state index contributed by atoms with van der Waals surface area (Å²) < 4.78 is 5.84. The molecule has 3 rings (SSSR count). The fourth-order valence-corrected chi connectivity index (χ4v) is 2.38. The highest BCUT2D eigenvalue weighted by Gasteiger charge is 2.12. The third-order valence-corrected chi connectivity index (χ3v) is 3.60. The van der Waals surface area contributed by atoms with E-state index in [2.05, 4.69) is 15.6 Å². The molecule has 2 heterocycles. The molecule has 0 aliphatic heterocycles. The van der Waals surface area contributed by atoms with Crippen LogP contribution in [0.2, 0.25) is 0 Å². The number of nitrogens with one attached hydrogen (secondary N) is 2. The molecule has 5 heteroatoms. The van der Waals surface area contributed by atoms with Crippen molar-refractivity contribution in [3.8, 4) is 0 Å². The maximum atomic E-state index is 11.7. The molecule has 0 radical (unpaired) electrons. The van der Waals surface area contributed by atoms with Gasteiger partial charge in [0.05, 0.1) is 11.6 Å². The first-order valence-electron chi connectivity index (χ1n) is 7.66. The molecule has 1 amide bonds. The summed E-state index contributed by atoms with van der Waals surface area (Å²) in [5, 5.41) is 7.11. The molecule has 0 saturated carbocycles. The van der Waals surface area contributed by atoms with Gasteiger partial charge in [-0.05, 0) is 38.1 Å². The van der Waals surface area contributed by atoms with E-state index in [-0.39, 0.29) is 11.9 Å². The first kappa shape index (κ1) is 15.1. The summed E-state index contributed by atoms with van der Waals surface area (Å²) >= 11 is 0. The largest absolute Gasteiger partial charge is 0.459 e. The number of benzene rings is 1. The zero-order valence-electron chi connectivity index (χ0n) is 13.2. The van der Waals surface area contributed by atoms with Gasteiger partial charge in [-0.25, -0.2) is 4.98 Å². The highest BCUT2D eigenvalue weighted by atomic mass is 16.3. The van der Waals surface area contributed by atoms with Crippen molar-refractivity contribution in [1.29, 1.82) is 0 Å². The molecule has 3 aromatic rings. The van der Waals surface area contributed by atoms with Crippen molar-refractivity contribution in [2.75, 3.05) is 11.9 Å². The lowest BCUT2D eigenvalue weighted by Gasteiger charge is -2.12. The van der Waals surface area contributed by atoms with E-state index in [4.69, 9.17) is 4.42 Å². The molecule has 2 N–H and O–H groups in total. The zero-order valence-corrected chi connectivity index (χ0v) is 13.2. The molecule has 2 aromatic heterocycles. The predicted molar refractivity (Wildman–Crippen MR) is 90.5 cm³/mol. The van der Waals surface area contributed by atoms with E-state index < -0.39 is 0 Å². The van der Waals surface area contributed by atoms with E-state index in [0.717, 1.165) is 16.7 Å². The van der Waals surface area contributed by atoms with Gasteiger partial charge >= 0.3 is 0 Å². The average molecular weight is 309 g/mol. The number of aromatic nitrogens is 1. The standard InChI is InChI=1S/C18H19N3O2/c1-3-19-18(22)14-8-9-17(20-11-14)21-12(2)16-10-13-6-4-5-7-15(13)23-16/h4-12H,3H2,1-2H3,(H,19,22)(H,20,21)/t12-/m1/s1. The molecule has 118 valence electrons. The summed E-state index contributed by atoms with van der Waals surface area (Å²) in [6, 6.07) is 13.5. The van der Waals surface area contributed by atoms with Crippen LogP contribution in [0.25, 0.3) is 11.0 Å². The van der Waals surface area contributed by atoms with E-state index in [9.17, 15) is 4.79 Å². The summed E-state index contributed by atoms with van der Waals surface area (Å²) in [7, 11) is 0. The van der Waals surface area contributed by atoms with Crippen molar-refractivity contribution in [3.63, 3.8) is 0 Å². The molecule has 0 bridgehead atoms. The number of para-hydroxylation sites is 1. The number of rotatable bonds is 5. The van der Waals surface area contributed by atoms with Crippen LogP contribution in [0.4, 0.5) is 5.82 Å². The van der Waals surface area contributed by atoms with E-state index >= 15 is 0 Å². The molecule has 23 heavy (non-hydrogen) atoms. The van der Waals surface area contributed by atoms with Crippen molar-refractivity contribution in [3.05, 3.63) is 60.0 Å². The van der Waals surface area contributed by atoms with Gasteiger partial charge in [-0.3, -0.25) is 4.79 Å². The highest BCUT2D eigenvalue weighted by Crippen LogP contribution is 2.25. The number of carbonyl (C=O) groups is 1. The molecular formula is C18H19N3O2. The van der Waals surface area contributed by atoms with E-state index in [0.29, 0.717) is 17.9 Å². The number of nitrogens with zero attached hydrogens (tertiary/aromatic N) is 1. The molecular weight excluding hydrogens is 290 g/mol. The minimum atomic E-state index is -0.114. The number of carbonyl (C=O) groups excluding carboxylic acids is 1. The molecule has 5 nitrogen and oxygen atoms in total. The van der Waals surface area contributed by atoms with Gasteiger partial charge in [0.15, 0.2) is 0 Å². The summed E-state index contributed by atoms with van der Waals surface area (Å²) in [5.74, 6) is 1.43. The van der Waals surface area contributed by atoms with Gasteiger partial charge < -0.3 is 15.1 Å². The van der Waals surface area contributed by atoms with Gasteiger partial charge in [-0.1, -0.05) is 18.2 Å². The minimum absolute atomic E-state index is 0.0229. The number of anilines is 1. The van der Waals surface area contributed by atoms with Crippen LogP contribution in [-0.2, 0) is 0 Å². The Morgan fingerprint density at radius 3 is 2.78 bits per heavy atom. The van der Waals surface area contributed by atoms with Crippen LogP contribution < -0.4 is 10.6 Å². The lowest BCUT2D eigenvalue weighted by atomic mass is 10.2. The molecule has 1 atom stereocenters. The summed E-state index contributed by atoms with van der Waals surface area (Å²) in [6.07, 6.45) is 1.57. The van der Waals surface area contributed by atoms with Crippen LogP contribution in [0.1, 0.15) is 36.0 Å². The Balaban J connectivity index is 1.72. The fourth-order valence-electron chi connectivity index (χ4n) is 2.38. The number of furan rings is 1. The average Bonchev–Trinajstić information content (AvgIpc) is 3.00. The van der Waals surface area contributed by atoms with E-state index in [1.807, 2.05) is 44.2 Å². The fraction of sp³-hybridized carbons (Fsp3) is 0.222. The Kier molecular flexibility index (Phi) is 4.28. The second kappa shape index (κ2) is 6.52. The van der Waals surface area contributed by atoms with Gasteiger partial charge in [0, 0.05) is 18.1 Å². The maximum absolute atomic E-state index is 11.7. The summed E-state index contributed by atoms with van der Waals surface area (Å²) in [4.78, 5) is 16.0. The summed E-state index contributed by atoms with van der Waals surface area (Å²) in [5.41, 5.74) is 1.42. The number of hydrogen-bond donors (Lipinski definition) is 2. The number of pyridine rings is 1. The van der Waals surface area contributed by atoms with Crippen LogP contribution in [0.3, 0.4) is 0 Å². The first-order valence-corrected chi connectivity index (χ1v) is 7.66. The molecule has 0 fully saturated rings. The van der Waals surface area contributed by atoms with Crippen LogP contribution >= 0.6 is 0 Å². The van der Waals surface area contributed by atoms with Crippen LogP contribution in [0.15, 0.2) is 53.1 Å². The van der Waals surface area contributed by atoms with Gasteiger partial charge in [0.2, 0.25) is 0 Å². The van der Waals surface area contributed by atoms with Crippen molar-refractivity contribution in [2.24, 2.45) is 0 Å². The summed E-state index contributed by atoms with van der Waals surface area (Å²) in [6.45, 7) is 4.50. The van der Waals surface area contributed by atoms with Gasteiger partial charge in [-0.15, -0.1) is 0 Å². The van der Waals surface area contributed by atoms with Gasteiger partial charge in [-0.2, -0.15) is 0 Å². The monoisotopic (exact) mass is 309 g/mol. The second-order valence-corrected chi connectivity index (χ2v) is 5.34. The number of fused-ring (bicyclic) bond motifs is 1. The lowest BCUT2D eigenvalue weighted by Crippen LogP contribution is -2.22. The van der Waals surface area contributed by atoms with Gasteiger partial charge in [0.25, 0.3) is 5.91 Å². The van der Waals surface area contributed by atoms with Crippen LogP contribution in [0, 0.1) is 0 Å². The van der Waals surface area contributed by atoms with Crippen molar-refractivity contribution < 1.29 is 9.21 Å². The third kappa shape index (κ3) is 3.34. The van der Waals surface area contributed by atoms with Crippen molar-refractivity contribution in [2.45, 2.75) is 19.9 Å². The molecule has 0 spiro atoms. The Labute approximate surface area is 134 Å². The SMILES string of the molecule is CCNC(=O)c1ccc(N[C@H](C)c2cc3ccccc3o2)nc1. The highest BCUT2D eigenvalue weighted by molar-refractivity contribution is 5.94. The van der Waals surface area contributed by atoms with E-state index in [1.165, 1.54) is 0 Å². The quantitative estimate of drug-likeness (QED) is 0.753. The molecule has 0 unspecified atom stereocenters. The topological polar surface area (TPSA) is 67.2 Å². The van der Waals surface area contributed by atoms with Gasteiger partial charge in [0.1, 0.15) is 17.2 Å². The maximum Gasteiger partial charge on any atom is 0.252 e. The molecule has 1 aromatic carbocycles. The Morgan fingerprint density at radius 2 is 2.09 bits per heavy atom. The first-order chi connectivity index (χ1) is 11.2. The zero-order chi connectivity index (χ0) is 16.2. The Hall–Kier alpha value is -2.82. The number of hydrogen-bond acceptors (Lipinski definition) is 4. The van der Waals surface area contributed by atoms with Crippen molar-refractivity contribution >= 4 is 22.7 Å². The molecule has 0 aliphatic rings. The smallest absolute Gasteiger partial charge is 0.252 e. The van der Waals surface area contributed by atoms with Crippen LogP contribution in [-0.4, -0.2) is 17.4 Å². The minimum Gasteiger partial charge on any atom is -0.459 e. The van der Waals surface area contributed by atoms with E-state index in [1.54, 1.807) is 18.3 Å². The van der Waals surface area contributed by atoms with Crippen LogP contribution in [0.5, 0.6) is 0 Å². The molecule has 0 saturated heterocycles. The Bertz CT molecular complexity index is 776.